The van der Waals surface area contributed by atoms with E-state index in [1.165, 1.54) is 5.56 Å². The second kappa shape index (κ2) is 4.38. The topological polar surface area (TPSA) is 50.2 Å². The minimum atomic E-state index is -0.743. The van der Waals surface area contributed by atoms with Crippen molar-refractivity contribution in [1.29, 1.82) is 0 Å². The van der Waals surface area contributed by atoms with Gasteiger partial charge >= 0.3 is 5.97 Å². The first kappa shape index (κ1) is 13.1. The fraction of sp³-hybridized carbons (Fsp3) is 0.600. The Morgan fingerprint density at radius 3 is 2.67 bits per heavy atom. The van der Waals surface area contributed by atoms with Gasteiger partial charge in [-0.15, -0.1) is 0 Å². The summed E-state index contributed by atoms with van der Waals surface area (Å²) in [6.45, 7) is 8.42. The van der Waals surface area contributed by atoms with Gasteiger partial charge in [0.2, 0.25) is 0 Å². The first-order valence-corrected chi connectivity index (χ1v) is 6.54. The lowest BCUT2D eigenvalue weighted by Gasteiger charge is -2.27. The zero-order valence-electron chi connectivity index (χ0n) is 11.6. The van der Waals surface area contributed by atoms with Gasteiger partial charge in [-0.3, -0.25) is 9.78 Å². The van der Waals surface area contributed by atoms with Crippen LogP contribution in [0, 0.1) is 6.92 Å². The lowest BCUT2D eigenvalue weighted by molar-refractivity contribution is -0.139. The van der Waals surface area contributed by atoms with Gasteiger partial charge in [-0.1, -0.05) is 26.8 Å². The van der Waals surface area contributed by atoms with Crippen molar-refractivity contribution in [3.05, 3.63) is 28.6 Å². The van der Waals surface area contributed by atoms with Crippen LogP contribution in [0.5, 0.6) is 0 Å². The second-order valence-corrected chi connectivity index (χ2v) is 6.23. The molecule has 0 amide bonds. The van der Waals surface area contributed by atoms with Crippen LogP contribution in [-0.4, -0.2) is 16.1 Å². The summed E-state index contributed by atoms with van der Waals surface area (Å²) in [5.41, 5.74) is 4.07. The molecule has 98 valence electrons. The minimum absolute atomic E-state index is 0.0420. The van der Waals surface area contributed by atoms with E-state index >= 15 is 0 Å². The van der Waals surface area contributed by atoms with Crippen LogP contribution in [0.4, 0.5) is 0 Å². The van der Waals surface area contributed by atoms with E-state index in [-0.39, 0.29) is 5.41 Å². The van der Waals surface area contributed by atoms with Crippen LogP contribution >= 0.6 is 0 Å². The molecule has 1 atom stereocenters. The maximum Gasteiger partial charge on any atom is 0.312 e. The van der Waals surface area contributed by atoms with Gasteiger partial charge < -0.3 is 5.11 Å². The van der Waals surface area contributed by atoms with Crippen molar-refractivity contribution < 1.29 is 9.90 Å². The number of hydrogen-bond acceptors (Lipinski definition) is 2. The number of pyridine rings is 1. The molecule has 1 unspecified atom stereocenters. The van der Waals surface area contributed by atoms with E-state index in [1.54, 1.807) is 0 Å². The Balaban J connectivity index is 2.57. The van der Waals surface area contributed by atoms with Crippen molar-refractivity contribution in [1.82, 2.24) is 4.98 Å². The Bertz CT molecular complexity index is 486. The molecule has 1 heterocycles. The van der Waals surface area contributed by atoms with Gasteiger partial charge in [-0.2, -0.15) is 0 Å². The summed E-state index contributed by atoms with van der Waals surface area (Å²) in [6, 6.07) is 2.14. The summed E-state index contributed by atoms with van der Waals surface area (Å²) >= 11 is 0. The number of aromatic nitrogens is 1. The minimum Gasteiger partial charge on any atom is -0.481 e. The van der Waals surface area contributed by atoms with Gasteiger partial charge in [-0.25, -0.2) is 0 Å². The molecular weight excluding hydrogens is 226 g/mol. The number of hydrogen-bond donors (Lipinski definition) is 1. The van der Waals surface area contributed by atoms with Gasteiger partial charge in [0.15, 0.2) is 0 Å². The lowest BCUT2D eigenvalue weighted by Crippen LogP contribution is -2.24. The predicted molar refractivity (Wildman–Crippen MR) is 71.0 cm³/mol. The molecule has 0 aromatic carbocycles. The van der Waals surface area contributed by atoms with E-state index in [9.17, 15) is 9.90 Å². The van der Waals surface area contributed by atoms with E-state index in [0.29, 0.717) is 6.42 Å². The van der Waals surface area contributed by atoms with Crippen LogP contribution in [0.3, 0.4) is 0 Å². The van der Waals surface area contributed by atoms with E-state index in [1.807, 2.05) is 0 Å². The number of fused-ring (bicyclic) bond motifs is 1. The SMILES string of the molecule is Cc1cc2c(nc1C(C)(C)C)C(C(=O)O)CCC2. The Hall–Kier alpha value is -1.38. The van der Waals surface area contributed by atoms with Crippen molar-refractivity contribution in [3.8, 4) is 0 Å². The molecule has 0 aliphatic heterocycles. The van der Waals surface area contributed by atoms with Crippen LogP contribution < -0.4 is 0 Å². The number of carbonyl (C=O) groups is 1. The van der Waals surface area contributed by atoms with Crippen molar-refractivity contribution in [3.63, 3.8) is 0 Å². The standard InChI is InChI=1S/C15H21NO2/c1-9-8-10-6-5-7-11(14(17)18)12(10)16-13(9)15(2,3)4/h8,11H,5-7H2,1-4H3,(H,17,18). The second-order valence-electron chi connectivity index (χ2n) is 6.23. The quantitative estimate of drug-likeness (QED) is 0.829. The molecule has 1 aliphatic rings. The van der Waals surface area contributed by atoms with Crippen LogP contribution in [0.15, 0.2) is 6.07 Å². The fourth-order valence-corrected chi connectivity index (χ4v) is 2.82. The monoisotopic (exact) mass is 247 g/mol. The number of aliphatic carboxylic acids is 1. The fourth-order valence-electron chi connectivity index (χ4n) is 2.82. The van der Waals surface area contributed by atoms with Crippen LogP contribution in [-0.2, 0) is 16.6 Å². The Kier molecular flexibility index (Phi) is 3.18. The molecular formula is C15H21NO2. The van der Waals surface area contributed by atoms with Gasteiger partial charge in [0, 0.05) is 11.1 Å². The Morgan fingerprint density at radius 2 is 2.11 bits per heavy atom. The number of rotatable bonds is 1. The van der Waals surface area contributed by atoms with Crippen LogP contribution in [0.1, 0.15) is 62.0 Å². The average molecular weight is 247 g/mol. The molecule has 1 aliphatic carbocycles. The smallest absolute Gasteiger partial charge is 0.312 e. The zero-order valence-corrected chi connectivity index (χ0v) is 11.6. The maximum absolute atomic E-state index is 11.3. The summed E-state index contributed by atoms with van der Waals surface area (Å²) < 4.78 is 0. The summed E-state index contributed by atoms with van der Waals surface area (Å²) in [5.74, 6) is -1.16. The molecule has 0 radical (unpaired) electrons. The summed E-state index contributed by atoms with van der Waals surface area (Å²) in [4.78, 5) is 16.0. The van der Waals surface area contributed by atoms with Crippen molar-refractivity contribution in [2.45, 2.75) is 58.3 Å². The highest BCUT2D eigenvalue weighted by Crippen LogP contribution is 2.34. The molecule has 1 aromatic rings. The molecule has 0 saturated carbocycles. The van der Waals surface area contributed by atoms with E-state index in [2.05, 4.69) is 33.8 Å². The lowest BCUT2D eigenvalue weighted by atomic mass is 9.82. The van der Waals surface area contributed by atoms with Crippen LogP contribution in [0.2, 0.25) is 0 Å². The normalized spacial score (nSPS) is 19.4. The molecule has 1 aromatic heterocycles. The molecule has 2 rings (SSSR count). The Morgan fingerprint density at radius 1 is 1.44 bits per heavy atom. The molecule has 3 nitrogen and oxygen atoms in total. The number of nitrogens with zero attached hydrogens (tertiary/aromatic N) is 1. The summed E-state index contributed by atoms with van der Waals surface area (Å²) in [7, 11) is 0. The maximum atomic E-state index is 11.3. The third-order valence-electron chi connectivity index (χ3n) is 3.60. The van der Waals surface area contributed by atoms with Crippen molar-refractivity contribution in [2.24, 2.45) is 0 Å². The first-order chi connectivity index (χ1) is 8.30. The molecule has 0 bridgehead atoms. The highest BCUT2D eigenvalue weighted by molar-refractivity contribution is 5.76. The van der Waals surface area contributed by atoms with Crippen molar-refractivity contribution in [2.75, 3.05) is 0 Å². The highest BCUT2D eigenvalue weighted by atomic mass is 16.4. The largest absolute Gasteiger partial charge is 0.481 e. The number of aryl methyl sites for hydroxylation is 2. The highest BCUT2D eigenvalue weighted by Gasteiger charge is 2.30. The van der Waals surface area contributed by atoms with Gasteiger partial charge in [-0.05, 0) is 37.3 Å². The third kappa shape index (κ3) is 2.26. The van der Waals surface area contributed by atoms with E-state index in [0.717, 1.165) is 29.8 Å². The molecule has 0 saturated heterocycles. The third-order valence-corrected chi connectivity index (χ3v) is 3.60. The average Bonchev–Trinajstić information content (AvgIpc) is 2.25. The van der Waals surface area contributed by atoms with Crippen LogP contribution in [0.25, 0.3) is 0 Å². The molecule has 0 spiro atoms. The predicted octanol–water partition coefficient (Wildman–Crippen LogP) is 3.19. The van der Waals surface area contributed by atoms with Crippen molar-refractivity contribution >= 4 is 5.97 Å². The summed E-state index contributed by atoms with van der Waals surface area (Å²) in [5, 5.41) is 9.31. The molecule has 18 heavy (non-hydrogen) atoms. The van der Waals surface area contributed by atoms with E-state index < -0.39 is 11.9 Å². The zero-order chi connectivity index (χ0) is 13.5. The number of carboxylic acid groups (broad SMARTS) is 1. The molecule has 1 N–H and O–H groups in total. The van der Waals surface area contributed by atoms with Gasteiger partial charge in [0.1, 0.15) is 0 Å². The van der Waals surface area contributed by atoms with E-state index in [4.69, 9.17) is 4.98 Å². The van der Waals surface area contributed by atoms with Gasteiger partial charge in [0.05, 0.1) is 11.6 Å². The first-order valence-electron chi connectivity index (χ1n) is 6.54. The molecule has 3 heteroatoms. The summed E-state index contributed by atoms with van der Waals surface area (Å²) in [6.07, 6.45) is 2.61. The molecule has 0 fully saturated rings. The number of carboxylic acids is 1. The Labute approximate surface area is 108 Å². The van der Waals surface area contributed by atoms with Gasteiger partial charge in [0.25, 0.3) is 0 Å².